The number of hydrogen-bond acceptors (Lipinski definition) is 7. The van der Waals surface area contributed by atoms with Crippen LogP contribution in [-0.4, -0.2) is 63.1 Å². The van der Waals surface area contributed by atoms with Gasteiger partial charge in [-0.3, -0.25) is 19.2 Å². The first-order chi connectivity index (χ1) is 20.3. The molecule has 0 aromatic heterocycles. The van der Waals surface area contributed by atoms with Crippen LogP contribution < -0.4 is 0 Å². The Labute approximate surface area is 257 Å². The maximum absolute atomic E-state index is 14.3. The number of Topliss-reactive ketones (excluding diaryl/α,β-unsaturated/α-hetero) is 1. The highest BCUT2D eigenvalue weighted by Crippen LogP contribution is 2.57. The summed E-state index contributed by atoms with van der Waals surface area (Å²) in [6, 6.07) is 6.39. The van der Waals surface area contributed by atoms with Gasteiger partial charge in [0.15, 0.2) is 11.4 Å². The van der Waals surface area contributed by atoms with Crippen LogP contribution in [0.15, 0.2) is 41.6 Å². The summed E-state index contributed by atoms with van der Waals surface area (Å²) in [5.74, 6) is -2.92. The molecule has 0 bridgehead atoms. The van der Waals surface area contributed by atoms with E-state index >= 15 is 0 Å². The summed E-state index contributed by atoms with van der Waals surface area (Å²) in [5.41, 5.74) is -1.32. The van der Waals surface area contributed by atoms with Crippen LogP contribution in [0.4, 0.5) is 0 Å². The van der Waals surface area contributed by atoms with Gasteiger partial charge in [-0.25, -0.2) is 0 Å². The Morgan fingerprint density at radius 2 is 1.95 bits per heavy atom. The predicted molar refractivity (Wildman–Crippen MR) is 161 cm³/mol. The Hall–Kier alpha value is -3.20. The SMILES string of the molecule is CC(C)(C)OC(=O)C[C@H]1CCCCC/C=C\[C@H]2C[C@@]2(C(=O)O)CC(=O)[C@@H]2C[C@]3(CC(c4cccc(Cl)c4)=NO3)CN2C1=O. The Balaban J connectivity index is 1.44. The number of ketones is 1. The van der Waals surface area contributed by atoms with E-state index in [-0.39, 0.29) is 43.4 Å². The number of carbonyl (C=O) groups is 4. The van der Waals surface area contributed by atoms with Gasteiger partial charge in [0, 0.05) is 35.8 Å². The number of benzene rings is 1. The van der Waals surface area contributed by atoms with Gasteiger partial charge in [0.1, 0.15) is 5.60 Å². The molecular weight excluding hydrogens is 572 g/mol. The zero-order chi connectivity index (χ0) is 31.0. The Bertz CT molecular complexity index is 1350. The number of ether oxygens (including phenoxy) is 1. The lowest BCUT2D eigenvalue weighted by atomic mass is 9.87. The van der Waals surface area contributed by atoms with Crippen LogP contribution in [0.5, 0.6) is 0 Å². The number of amides is 1. The Kier molecular flexibility index (Phi) is 8.76. The number of carboxylic acid groups (broad SMARTS) is 1. The summed E-state index contributed by atoms with van der Waals surface area (Å²) in [6.07, 6.45) is 8.44. The van der Waals surface area contributed by atoms with Crippen molar-refractivity contribution >= 4 is 40.9 Å². The van der Waals surface area contributed by atoms with Gasteiger partial charge >= 0.3 is 11.9 Å². The van der Waals surface area contributed by atoms with Crippen LogP contribution in [0.2, 0.25) is 5.02 Å². The maximum atomic E-state index is 14.3. The minimum absolute atomic E-state index is 0.0906. The van der Waals surface area contributed by atoms with E-state index < -0.39 is 40.5 Å². The van der Waals surface area contributed by atoms with Crippen LogP contribution in [-0.2, 0) is 28.8 Å². The average molecular weight is 613 g/mol. The Morgan fingerprint density at radius 3 is 2.67 bits per heavy atom. The van der Waals surface area contributed by atoms with E-state index in [4.69, 9.17) is 21.2 Å². The third-order valence-corrected chi connectivity index (χ3v) is 9.31. The largest absolute Gasteiger partial charge is 0.481 e. The van der Waals surface area contributed by atoms with Crippen molar-refractivity contribution in [3.8, 4) is 0 Å². The number of nitrogens with zero attached hydrogens (tertiary/aromatic N) is 2. The number of fused-ring (bicyclic) bond motifs is 2. The molecule has 1 saturated heterocycles. The summed E-state index contributed by atoms with van der Waals surface area (Å²) in [5, 5.41) is 15.1. The summed E-state index contributed by atoms with van der Waals surface area (Å²) in [4.78, 5) is 61.1. The van der Waals surface area contributed by atoms with E-state index in [1.165, 1.54) is 4.90 Å². The third-order valence-electron chi connectivity index (χ3n) is 9.08. The molecule has 1 aromatic carbocycles. The monoisotopic (exact) mass is 612 g/mol. The molecule has 1 aliphatic carbocycles. The van der Waals surface area contributed by atoms with Crippen LogP contribution >= 0.6 is 11.6 Å². The first-order valence-electron chi connectivity index (χ1n) is 15.3. The molecule has 1 aromatic rings. The third kappa shape index (κ3) is 6.97. The molecule has 4 aliphatic rings. The minimum Gasteiger partial charge on any atom is -0.481 e. The molecule has 232 valence electrons. The number of esters is 1. The standard InChI is InChI=1S/C33H41ClN2O7/c1-31(2,3)42-28(38)15-22-10-7-5-4-6-8-12-23-16-33(23,30(40)41)19-27(37)26-18-32(20-36(26)29(22)39)17-25(35-43-32)21-11-9-13-24(34)14-21/h8-9,11-14,22-23,26H,4-7,10,15-20H2,1-3H3,(H,40,41)/b12-8-/t22-,23+,26+,32-,33-/m1/s1. The molecule has 1 spiro atoms. The van der Waals surface area contributed by atoms with Crippen molar-refractivity contribution in [1.29, 1.82) is 0 Å². The van der Waals surface area contributed by atoms with Gasteiger partial charge in [0.25, 0.3) is 0 Å². The molecule has 9 nitrogen and oxygen atoms in total. The average Bonchev–Trinajstić information content (AvgIpc) is 3.27. The highest BCUT2D eigenvalue weighted by atomic mass is 35.5. The van der Waals surface area contributed by atoms with Crippen LogP contribution in [0, 0.1) is 17.3 Å². The zero-order valence-electron chi connectivity index (χ0n) is 25.1. The molecule has 1 amide bonds. The summed E-state index contributed by atoms with van der Waals surface area (Å²) >= 11 is 6.21. The lowest BCUT2D eigenvalue weighted by Crippen LogP contribution is -2.46. The van der Waals surface area contributed by atoms with E-state index in [9.17, 15) is 24.3 Å². The molecule has 5 rings (SSSR count). The minimum atomic E-state index is -1.16. The predicted octanol–water partition coefficient (Wildman–Crippen LogP) is 5.72. The van der Waals surface area contributed by atoms with Gasteiger partial charge in [0.2, 0.25) is 5.91 Å². The molecule has 10 heteroatoms. The number of oxime groups is 1. The molecule has 1 N–H and O–H groups in total. The summed E-state index contributed by atoms with van der Waals surface area (Å²) < 4.78 is 5.57. The number of aliphatic carboxylic acids is 1. The van der Waals surface area contributed by atoms with E-state index in [1.807, 2.05) is 24.3 Å². The molecule has 3 aliphatic heterocycles. The molecule has 0 radical (unpaired) electrons. The smallest absolute Gasteiger partial charge is 0.310 e. The fourth-order valence-electron chi connectivity index (χ4n) is 6.77. The van der Waals surface area contributed by atoms with Crippen molar-refractivity contribution in [1.82, 2.24) is 4.90 Å². The van der Waals surface area contributed by atoms with Crippen molar-refractivity contribution < 1.29 is 33.9 Å². The van der Waals surface area contributed by atoms with E-state index in [2.05, 4.69) is 5.16 Å². The fourth-order valence-corrected chi connectivity index (χ4v) is 6.96. The van der Waals surface area contributed by atoms with E-state index in [1.54, 1.807) is 32.9 Å². The first-order valence-corrected chi connectivity index (χ1v) is 15.6. The number of allylic oxidation sites excluding steroid dienone is 2. The van der Waals surface area contributed by atoms with Crippen molar-refractivity contribution in [3.63, 3.8) is 0 Å². The van der Waals surface area contributed by atoms with Crippen molar-refractivity contribution in [2.24, 2.45) is 22.4 Å². The van der Waals surface area contributed by atoms with Gasteiger partial charge < -0.3 is 19.6 Å². The number of rotatable bonds is 4. The normalized spacial score (nSPS) is 32.1. The second-order valence-electron chi connectivity index (χ2n) is 13.7. The highest BCUT2D eigenvalue weighted by molar-refractivity contribution is 6.31. The van der Waals surface area contributed by atoms with Crippen molar-refractivity contribution in [2.45, 2.75) is 102 Å². The lowest BCUT2D eigenvalue weighted by Gasteiger charge is -2.29. The molecule has 2 fully saturated rings. The van der Waals surface area contributed by atoms with Gasteiger partial charge in [-0.2, -0.15) is 0 Å². The van der Waals surface area contributed by atoms with E-state index in [0.717, 1.165) is 31.2 Å². The summed E-state index contributed by atoms with van der Waals surface area (Å²) in [6.45, 7) is 5.47. The highest BCUT2D eigenvalue weighted by Gasteiger charge is 2.62. The fraction of sp³-hybridized carbons (Fsp3) is 0.606. The topological polar surface area (TPSA) is 123 Å². The summed E-state index contributed by atoms with van der Waals surface area (Å²) in [7, 11) is 0. The zero-order valence-corrected chi connectivity index (χ0v) is 25.9. The molecule has 1 saturated carbocycles. The van der Waals surface area contributed by atoms with Crippen LogP contribution in [0.25, 0.3) is 0 Å². The van der Waals surface area contributed by atoms with Crippen molar-refractivity contribution in [2.75, 3.05) is 6.54 Å². The second kappa shape index (κ2) is 12.1. The number of halogens is 1. The molecule has 0 unspecified atom stereocenters. The van der Waals surface area contributed by atoms with E-state index in [0.29, 0.717) is 30.0 Å². The second-order valence-corrected chi connectivity index (χ2v) is 14.1. The van der Waals surface area contributed by atoms with Crippen LogP contribution in [0.1, 0.15) is 90.5 Å². The quantitative estimate of drug-likeness (QED) is 0.341. The Morgan fingerprint density at radius 1 is 1.16 bits per heavy atom. The number of carbonyl (C=O) groups excluding carboxylic acids is 3. The van der Waals surface area contributed by atoms with Gasteiger partial charge in [0.05, 0.1) is 30.1 Å². The van der Waals surface area contributed by atoms with Crippen molar-refractivity contribution in [3.05, 3.63) is 47.0 Å². The maximum Gasteiger partial charge on any atom is 0.310 e. The molecule has 3 heterocycles. The van der Waals surface area contributed by atoms with Gasteiger partial charge in [-0.05, 0) is 64.5 Å². The van der Waals surface area contributed by atoms with Crippen LogP contribution in [0.3, 0.4) is 0 Å². The molecule has 43 heavy (non-hydrogen) atoms. The number of carboxylic acids is 1. The number of hydrogen-bond donors (Lipinski definition) is 1. The molecular formula is C33H41ClN2O7. The lowest BCUT2D eigenvalue weighted by molar-refractivity contribution is -0.159. The van der Waals surface area contributed by atoms with Gasteiger partial charge in [-0.1, -0.05) is 53.9 Å². The first kappa shape index (κ1) is 31.2. The molecule has 5 atom stereocenters. The van der Waals surface area contributed by atoms with Gasteiger partial charge in [-0.15, -0.1) is 0 Å².